The Hall–Kier alpha value is -1.23. The van der Waals surface area contributed by atoms with Gasteiger partial charge in [0.15, 0.2) is 5.75 Å². The first-order valence-electron chi connectivity index (χ1n) is 12.1. The lowest BCUT2D eigenvalue weighted by atomic mass is 10.0. The molecule has 1 aromatic carbocycles. The van der Waals surface area contributed by atoms with Gasteiger partial charge in [-0.2, -0.15) is 0 Å². The predicted molar refractivity (Wildman–Crippen MR) is 138 cm³/mol. The van der Waals surface area contributed by atoms with Crippen LogP contribution in [0.1, 0.15) is 96.8 Å². The van der Waals surface area contributed by atoms with Crippen LogP contribution in [0.15, 0.2) is 24.3 Å². The standard InChI is InChI=1S/C26H37Cl3O4/c1-2-3-4-5-6-7-8-9-10-11-12-13-14-15-18-32-24(30)16-17-25(31)33-26-22(28)19-21(27)20-23(26)29/h16-17,19-20H,2-15,18H2,1H3/b17-16+. The van der Waals surface area contributed by atoms with Gasteiger partial charge in [-0.1, -0.05) is 125 Å². The maximum absolute atomic E-state index is 11.9. The van der Waals surface area contributed by atoms with Gasteiger partial charge in [-0.25, -0.2) is 9.59 Å². The van der Waals surface area contributed by atoms with E-state index >= 15 is 0 Å². The summed E-state index contributed by atoms with van der Waals surface area (Å²) in [4.78, 5) is 23.6. The molecule has 1 rings (SSSR count). The molecule has 0 fully saturated rings. The van der Waals surface area contributed by atoms with E-state index in [0.717, 1.165) is 31.4 Å². The minimum atomic E-state index is -0.783. The molecule has 0 unspecified atom stereocenters. The molecule has 0 heterocycles. The second-order valence-electron chi connectivity index (χ2n) is 8.22. The number of carbonyl (C=O) groups excluding carboxylic acids is 2. The van der Waals surface area contributed by atoms with Crippen LogP contribution < -0.4 is 4.74 Å². The van der Waals surface area contributed by atoms with Gasteiger partial charge in [0.1, 0.15) is 0 Å². The highest BCUT2D eigenvalue weighted by Crippen LogP contribution is 2.35. The summed E-state index contributed by atoms with van der Waals surface area (Å²) in [6.07, 6.45) is 19.8. The predicted octanol–water partition coefficient (Wildman–Crippen LogP) is 9.13. The lowest BCUT2D eigenvalue weighted by Gasteiger charge is -2.06. The van der Waals surface area contributed by atoms with Crippen molar-refractivity contribution in [1.82, 2.24) is 0 Å². The molecular weight excluding hydrogens is 483 g/mol. The summed E-state index contributed by atoms with van der Waals surface area (Å²) in [5.41, 5.74) is 0. The van der Waals surface area contributed by atoms with Crippen molar-refractivity contribution in [2.45, 2.75) is 96.8 Å². The summed E-state index contributed by atoms with van der Waals surface area (Å²) in [5.74, 6) is -1.38. The first kappa shape index (κ1) is 29.8. The molecule has 186 valence electrons. The summed E-state index contributed by atoms with van der Waals surface area (Å²) in [5, 5.41) is 0.539. The zero-order chi connectivity index (χ0) is 24.3. The van der Waals surface area contributed by atoms with Crippen molar-refractivity contribution in [2.75, 3.05) is 6.61 Å². The Balaban J connectivity index is 2.00. The molecule has 7 heteroatoms. The smallest absolute Gasteiger partial charge is 0.336 e. The summed E-state index contributed by atoms with van der Waals surface area (Å²) in [6.45, 7) is 2.59. The van der Waals surface area contributed by atoms with Crippen LogP contribution in [-0.4, -0.2) is 18.5 Å². The summed E-state index contributed by atoms with van der Waals surface area (Å²) >= 11 is 17.7. The topological polar surface area (TPSA) is 52.6 Å². The van der Waals surface area contributed by atoms with Crippen molar-refractivity contribution in [1.29, 1.82) is 0 Å². The highest BCUT2D eigenvalue weighted by Gasteiger charge is 2.12. The molecule has 1 aromatic rings. The van der Waals surface area contributed by atoms with Crippen LogP contribution in [0.5, 0.6) is 5.75 Å². The number of hydrogen-bond acceptors (Lipinski definition) is 4. The van der Waals surface area contributed by atoms with E-state index in [2.05, 4.69) is 6.92 Å². The minimum Gasteiger partial charge on any atom is -0.463 e. The number of benzene rings is 1. The number of esters is 2. The first-order chi connectivity index (χ1) is 15.9. The first-order valence-corrected chi connectivity index (χ1v) is 13.3. The molecule has 0 radical (unpaired) electrons. The molecule has 0 saturated carbocycles. The average Bonchev–Trinajstić information content (AvgIpc) is 2.77. The molecule has 0 aliphatic heterocycles. The second kappa shape index (κ2) is 19.1. The monoisotopic (exact) mass is 518 g/mol. The van der Waals surface area contributed by atoms with Gasteiger partial charge in [-0.3, -0.25) is 0 Å². The zero-order valence-electron chi connectivity index (χ0n) is 19.7. The normalized spacial score (nSPS) is 11.2. The van der Waals surface area contributed by atoms with E-state index in [1.165, 1.54) is 82.8 Å². The van der Waals surface area contributed by atoms with Gasteiger partial charge in [0.25, 0.3) is 0 Å². The van der Waals surface area contributed by atoms with Crippen LogP contribution in [0.2, 0.25) is 15.1 Å². The van der Waals surface area contributed by atoms with Crippen LogP contribution in [0.25, 0.3) is 0 Å². The average molecular weight is 520 g/mol. The van der Waals surface area contributed by atoms with Crippen LogP contribution in [0.3, 0.4) is 0 Å². The third-order valence-electron chi connectivity index (χ3n) is 5.26. The lowest BCUT2D eigenvalue weighted by Crippen LogP contribution is -2.08. The SMILES string of the molecule is CCCCCCCCCCCCCCCCOC(=O)/C=C/C(=O)Oc1c(Cl)cc(Cl)cc1Cl. The van der Waals surface area contributed by atoms with Crippen molar-refractivity contribution in [3.8, 4) is 5.75 Å². The van der Waals surface area contributed by atoms with Crippen LogP contribution in [0, 0.1) is 0 Å². The van der Waals surface area contributed by atoms with Crippen molar-refractivity contribution in [3.63, 3.8) is 0 Å². The van der Waals surface area contributed by atoms with E-state index in [1.54, 1.807) is 0 Å². The van der Waals surface area contributed by atoms with Gasteiger partial charge in [0.2, 0.25) is 0 Å². The fourth-order valence-electron chi connectivity index (χ4n) is 3.41. The largest absolute Gasteiger partial charge is 0.463 e. The molecule has 4 nitrogen and oxygen atoms in total. The van der Waals surface area contributed by atoms with Gasteiger partial charge >= 0.3 is 11.9 Å². The molecular formula is C26H37Cl3O4. The fraction of sp³-hybridized carbons (Fsp3) is 0.615. The molecule has 0 N–H and O–H groups in total. The number of ether oxygens (including phenoxy) is 2. The van der Waals surface area contributed by atoms with Crippen molar-refractivity contribution in [2.24, 2.45) is 0 Å². The van der Waals surface area contributed by atoms with Gasteiger partial charge in [-0.15, -0.1) is 0 Å². The Labute approximate surface area is 214 Å². The highest BCUT2D eigenvalue weighted by molar-refractivity contribution is 6.40. The van der Waals surface area contributed by atoms with Crippen molar-refractivity contribution in [3.05, 3.63) is 39.4 Å². The molecule has 0 aliphatic carbocycles. The maximum atomic E-state index is 11.9. The Morgan fingerprint density at radius 3 is 1.61 bits per heavy atom. The van der Waals surface area contributed by atoms with Crippen LogP contribution >= 0.6 is 34.8 Å². The van der Waals surface area contributed by atoms with Crippen LogP contribution in [0.4, 0.5) is 0 Å². The van der Waals surface area contributed by atoms with Gasteiger partial charge in [0.05, 0.1) is 16.7 Å². The summed E-state index contributed by atoms with van der Waals surface area (Å²) < 4.78 is 10.2. The Morgan fingerprint density at radius 1 is 0.697 bits per heavy atom. The molecule has 0 atom stereocenters. The van der Waals surface area contributed by atoms with E-state index in [9.17, 15) is 9.59 Å². The molecule has 0 spiro atoms. The zero-order valence-corrected chi connectivity index (χ0v) is 22.0. The van der Waals surface area contributed by atoms with Gasteiger partial charge in [-0.05, 0) is 18.6 Å². The third-order valence-corrected chi connectivity index (χ3v) is 6.04. The summed E-state index contributed by atoms with van der Waals surface area (Å²) in [7, 11) is 0. The van der Waals surface area contributed by atoms with E-state index in [4.69, 9.17) is 44.3 Å². The van der Waals surface area contributed by atoms with E-state index in [1.807, 2.05) is 0 Å². The molecule has 33 heavy (non-hydrogen) atoms. The fourth-order valence-corrected chi connectivity index (χ4v) is 4.31. The van der Waals surface area contributed by atoms with Crippen molar-refractivity contribution < 1.29 is 19.1 Å². The molecule has 0 bridgehead atoms. The summed E-state index contributed by atoms with van der Waals surface area (Å²) in [6, 6.07) is 2.82. The third kappa shape index (κ3) is 15.3. The molecule has 0 aromatic heterocycles. The molecule has 0 aliphatic rings. The number of carbonyl (C=O) groups is 2. The Kier molecular flexibility index (Phi) is 17.3. The Bertz CT molecular complexity index is 711. The number of halogens is 3. The maximum Gasteiger partial charge on any atom is 0.336 e. The second-order valence-corrected chi connectivity index (χ2v) is 9.47. The number of rotatable bonds is 18. The van der Waals surface area contributed by atoms with Crippen molar-refractivity contribution >= 4 is 46.7 Å². The van der Waals surface area contributed by atoms with Gasteiger partial charge < -0.3 is 9.47 Å². The number of unbranched alkanes of at least 4 members (excludes halogenated alkanes) is 13. The highest BCUT2D eigenvalue weighted by atomic mass is 35.5. The molecule has 0 saturated heterocycles. The van der Waals surface area contributed by atoms with E-state index < -0.39 is 11.9 Å². The molecule has 0 amide bonds. The minimum absolute atomic E-state index is 0.00633. The van der Waals surface area contributed by atoms with Crippen LogP contribution in [-0.2, 0) is 14.3 Å². The van der Waals surface area contributed by atoms with E-state index in [-0.39, 0.29) is 15.8 Å². The van der Waals surface area contributed by atoms with E-state index in [0.29, 0.717) is 11.6 Å². The van der Waals surface area contributed by atoms with Gasteiger partial charge in [0, 0.05) is 17.2 Å². The quantitative estimate of drug-likeness (QED) is 0.0839. The lowest BCUT2D eigenvalue weighted by molar-refractivity contribution is -0.138. The Morgan fingerprint density at radius 2 is 1.12 bits per heavy atom. The number of hydrogen-bond donors (Lipinski definition) is 0.